The third-order valence-corrected chi connectivity index (χ3v) is 2.77. The zero-order valence-electron chi connectivity index (χ0n) is 8.58. The molecule has 4 heteroatoms. The van der Waals surface area contributed by atoms with Crippen LogP contribution in [0.4, 0.5) is 0 Å². The molecule has 2 heterocycles. The van der Waals surface area contributed by atoms with E-state index < -0.39 is 0 Å². The van der Waals surface area contributed by atoms with Gasteiger partial charge in [-0.1, -0.05) is 11.6 Å². The highest BCUT2D eigenvalue weighted by Crippen LogP contribution is 2.17. The lowest BCUT2D eigenvalue weighted by atomic mass is 10.0. The third-order valence-electron chi connectivity index (χ3n) is 2.56. The Bertz CT molecular complexity index is 313. The summed E-state index contributed by atoms with van der Waals surface area (Å²) in [6.07, 6.45) is 5.78. The van der Waals surface area contributed by atoms with Crippen LogP contribution >= 0.6 is 11.6 Å². The fourth-order valence-corrected chi connectivity index (χ4v) is 1.92. The van der Waals surface area contributed by atoms with Gasteiger partial charge in [-0.3, -0.25) is 4.98 Å². The van der Waals surface area contributed by atoms with Gasteiger partial charge in [0, 0.05) is 24.7 Å². The molecule has 1 aliphatic heterocycles. The fraction of sp³-hybridized carbons (Fsp3) is 0.545. The molecule has 1 unspecified atom stereocenters. The molecule has 0 aliphatic carbocycles. The van der Waals surface area contributed by atoms with Crippen LogP contribution in [0.2, 0.25) is 5.02 Å². The Morgan fingerprint density at radius 1 is 1.53 bits per heavy atom. The van der Waals surface area contributed by atoms with Crippen molar-refractivity contribution in [1.29, 1.82) is 0 Å². The first-order valence-electron chi connectivity index (χ1n) is 5.28. The van der Waals surface area contributed by atoms with E-state index in [1.807, 2.05) is 0 Å². The van der Waals surface area contributed by atoms with Crippen LogP contribution in [0, 0.1) is 5.92 Å². The highest BCUT2D eigenvalue weighted by Gasteiger charge is 2.13. The van der Waals surface area contributed by atoms with Gasteiger partial charge < -0.3 is 10.1 Å². The predicted molar refractivity (Wildman–Crippen MR) is 60.3 cm³/mol. The molecule has 0 bridgehead atoms. The van der Waals surface area contributed by atoms with Crippen LogP contribution in [-0.4, -0.2) is 24.7 Å². The number of nitrogens with zero attached hydrogens (tertiary/aromatic N) is 1. The van der Waals surface area contributed by atoms with Crippen LogP contribution in [0.1, 0.15) is 12.8 Å². The van der Waals surface area contributed by atoms with Gasteiger partial charge in [0.2, 0.25) is 0 Å². The summed E-state index contributed by atoms with van der Waals surface area (Å²) in [7, 11) is 0. The molecule has 0 amide bonds. The van der Waals surface area contributed by atoms with Crippen molar-refractivity contribution in [1.82, 2.24) is 10.3 Å². The predicted octanol–water partition coefficient (Wildman–Crippen LogP) is 2.11. The van der Waals surface area contributed by atoms with Gasteiger partial charge in [0.25, 0.3) is 0 Å². The zero-order valence-corrected chi connectivity index (χ0v) is 9.33. The van der Waals surface area contributed by atoms with Crippen LogP contribution in [0.25, 0.3) is 0 Å². The lowest BCUT2D eigenvalue weighted by molar-refractivity contribution is 0.218. The molecule has 1 aliphatic rings. The number of aromatic nitrogens is 1. The van der Waals surface area contributed by atoms with Crippen LogP contribution in [0.15, 0.2) is 18.5 Å². The Morgan fingerprint density at radius 2 is 2.47 bits per heavy atom. The molecular formula is C11H15ClN2O. The molecule has 2 rings (SSSR count). The van der Waals surface area contributed by atoms with Crippen molar-refractivity contribution >= 4 is 11.6 Å². The third kappa shape index (κ3) is 3.36. The fourth-order valence-electron chi connectivity index (χ4n) is 1.75. The molecule has 1 atom stereocenters. The van der Waals surface area contributed by atoms with Gasteiger partial charge in [-0.2, -0.15) is 0 Å². The van der Waals surface area contributed by atoms with Crippen molar-refractivity contribution in [2.75, 3.05) is 19.7 Å². The van der Waals surface area contributed by atoms with E-state index in [9.17, 15) is 0 Å². The molecule has 1 fully saturated rings. The largest absolute Gasteiger partial charge is 0.492 e. The number of halogens is 1. The summed E-state index contributed by atoms with van der Waals surface area (Å²) in [5.74, 6) is 1.37. The van der Waals surface area contributed by atoms with E-state index in [-0.39, 0.29) is 0 Å². The molecule has 0 radical (unpaired) electrons. The maximum absolute atomic E-state index is 5.81. The lowest BCUT2D eigenvalue weighted by Crippen LogP contribution is -2.33. The normalized spacial score (nSPS) is 21.3. The number of piperidine rings is 1. The molecule has 82 valence electrons. The van der Waals surface area contributed by atoms with Crippen LogP contribution < -0.4 is 10.1 Å². The molecule has 1 aromatic rings. The van der Waals surface area contributed by atoms with Crippen LogP contribution in [0.3, 0.4) is 0 Å². The van der Waals surface area contributed by atoms with E-state index in [0.717, 1.165) is 25.4 Å². The first kappa shape index (κ1) is 10.7. The number of hydrogen-bond acceptors (Lipinski definition) is 3. The van der Waals surface area contributed by atoms with Crippen molar-refractivity contribution in [3.63, 3.8) is 0 Å². The van der Waals surface area contributed by atoms with E-state index >= 15 is 0 Å². The topological polar surface area (TPSA) is 34.1 Å². The smallest absolute Gasteiger partial charge is 0.139 e. The minimum absolute atomic E-state index is 0.609. The van der Waals surface area contributed by atoms with E-state index in [0.29, 0.717) is 10.9 Å². The Kier molecular flexibility index (Phi) is 3.80. The SMILES string of the molecule is Clc1cncc(OCC2CCCNC2)c1. The van der Waals surface area contributed by atoms with Crippen molar-refractivity contribution < 1.29 is 4.74 Å². The molecule has 0 spiro atoms. The Labute approximate surface area is 94.8 Å². The Hall–Kier alpha value is -0.800. The number of pyridine rings is 1. The molecular weight excluding hydrogens is 212 g/mol. The maximum Gasteiger partial charge on any atom is 0.139 e. The van der Waals surface area contributed by atoms with Gasteiger partial charge in [-0.05, 0) is 19.4 Å². The van der Waals surface area contributed by atoms with Gasteiger partial charge in [-0.25, -0.2) is 0 Å². The minimum atomic E-state index is 0.609. The monoisotopic (exact) mass is 226 g/mol. The van der Waals surface area contributed by atoms with E-state index in [2.05, 4.69) is 10.3 Å². The summed E-state index contributed by atoms with van der Waals surface area (Å²) in [6, 6.07) is 1.80. The highest BCUT2D eigenvalue weighted by molar-refractivity contribution is 6.30. The second-order valence-corrected chi connectivity index (χ2v) is 4.30. The molecule has 0 saturated carbocycles. The average molecular weight is 227 g/mol. The number of rotatable bonds is 3. The second kappa shape index (κ2) is 5.33. The summed E-state index contributed by atoms with van der Waals surface area (Å²) in [5, 5.41) is 3.98. The van der Waals surface area contributed by atoms with Crippen molar-refractivity contribution in [3.05, 3.63) is 23.5 Å². The molecule has 1 N–H and O–H groups in total. The Balaban J connectivity index is 1.81. The van der Waals surface area contributed by atoms with Gasteiger partial charge in [-0.15, -0.1) is 0 Å². The summed E-state index contributed by atoms with van der Waals surface area (Å²) in [6.45, 7) is 2.93. The maximum atomic E-state index is 5.81. The van der Waals surface area contributed by atoms with Gasteiger partial charge in [0.05, 0.1) is 17.8 Å². The summed E-state index contributed by atoms with van der Waals surface area (Å²) < 4.78 is 5.64. The quantitative estimate of drug-likeness (QED) is 0.857. The molecule has 1 aromatic heterocycles. The van der Waals surface area contributed by atoms with Gasteiger partial charge in [0.1, 0.15) is 5.75 Å². The summed E-state index contributed by atoms with van der Waals surface area (Å²) in [5.41, 5.74) is 0. The first-order chi connectivity index (χ1) is 7.34. The van der Waals surface area contributed by atoms with Gasteiger partial charge in [0.15, 0.2) is 0 Å². The van der Waals surface area contributed by atoms with E-state index in [1.165, 1.54) is 12.8 Å². The molecule has 0 aromatic carbocycles. The summed E-state index contributed by atoms with van der Waals surface area (Å²) >= 11 is 5.81. The zero-order chi connectivity index (χ0) is 10.5. The number of nitrogens with one attached hydrogen (secondary N) is 1. The lowest BCUT2D eigenvalue weighted by Gasteiger charge is -2.22. The summed E-state index contributed by atoms with van der Waals surface area (Å²) in [4.78, 5) is 3.98. The second-order valence-electron chi connectivity index (χ2n) is 3.86. The Morgan fingerprint density at radius 3 is 3.20 bits per heavy atom. The van der Waals surface area contributed by atoms with Crippen LogP contribution in [0.5, 0.6) is 5.75 Å². The van der Waals surface area contributed by atoms with Crippen LogP contribution in [-0.2, 0) is 0 Å². The molecule has 3 nitrogen and oxygen atoms in total. The minimum Gasteiger partial charge on any atom is -0.492 e. The standard InChI is InChI=1S/C11H15ClN2O/c12-10-4-11(7-14-6-10)15-8-9-2-1-3-13-5-9/h4,6-7,9,13H,1-3,5,8H2. The average Bonchev–Trinajstić information content (AvgIpc) is 2.28. The van der Waals surface area contributed by atoms with Crippen molar-refractivity contribution in [2.24, 2.45) is 5.92 Å². The first-order valence-corrected chi connectivity index (χ1v) is 5.66. The van der Waals surface area contributed by atoms with E-state index in [1.54, 1.807) is 18.5 Å². The van der Waals surface area contributed by atoms with Crippen molar-refractivity contribution in [3.8, 4) is 5.75 Å². The number of ether oxygens (including phenoxy) is 1. The van der Waals surface area contributed by atoms with Crippen molar-refractivity contribution in [2.45, 2.75) is 12.8 Å². The molecule has 1 saturated heterocycles. The number of hydrogen-bond donors (Lipinski definition) is 1. The highest BCUT2D eigenvalue weighted by atomic mass is 35.5. The van der Waals surface area contributed by atoms with Gasteiger partial charge >= 0.3 is 0 Å². The molecule has 15 heavy (non-hydrogen) atoms. The van der Waals surface area contributed by atoms with E-state index in [4.69, 9.17) is 16.3 Å².